The van der Waals surface area contributed by atoms with E-state index < -0.39 is 18.0 Å². The summed E-state index contributed by atoms with van der Waals surface area (Å²) in [5.74, 6) is -0.832. The summed E-state index contributed by atoms with van der Waals surface area (Å²) in [6, 6.07) is 4.98. The first-order valence-corrected chi connectivity index (χ1v) is 6.80. The largest absolute Gasteiger partial charge is 0.467 e. The zero-order chi connectivity index (χ0) is 15.8. The Balaban J connectivity index is 2.39. The lowest BCUT2D eigenvalue weighted by atomic mass is 10.1. The third-order valence-electron chi connectivity index (χ3n) is 3.02. The van der Waals surface area contributed by atoms with Gasteiger partial charge in [-0.15, -0.1) is 0 Å². The molecule has 0 saturated heterocycles. The Kier molecular flexibility index (Phi) is 6.65. The maximum Gasteiger partial charge on any atom is 0.328 e. The van der Waals surface area contributed by atoms with Gasteiger partial charge in [0, 0.05) is 6.54 Å². The molecule has 6 heteroatoms. The van der Waals surface area contributed by atoms with Crippen LogP contribution in [0.2, 0.25) is 0 Å². The second-order valence-electron chi connectivity index (χ2n) is 5.02. The molecule has 0 aliphatic rings. The van der Waals surface area contributed by atoms with Gasteiger partial charge in [-0.1, -0.05) is 26.0 Å². The number of hydrogen-bond acceptors (Lipinski definition) is 3. The average molecular weight is 296 g/mol. The maximum absolute atomic E-state index is 12.7. The van der Waals surface area contributed by atoms with Crippen molar-refractivity contribution in [1.29, 1.82) is 0 Å². The minimum absolute atomic E-state index is 0.0692. The van der Waals surface area contributed by atoms with Gasteiger partial charge in [0.2, 0.25) is 0 Å². The Morgan fingerprint density at radius 3 is 2.38 bits per heavy atom. The minimum atomic E-state index is -0.680. The van der Waals surface area contributed by atoms with E-state index in [1.807, 2.05) is 13.8 Å². The van der Waals surface area contributed by atoms with Gasteiger partial charge in [0.1, 0.15) is 11.9 Å². The highest BCUT2D eigenvalue weighted by Gasteiger charge is 2.24. The van der Waals surface area contributed by atoms with Crippen LogP contribution >= 0.6 is 0 Å². The van der Waals surface area contributed by atoms with Gasteiger partial charge in [-0.25, -0.2) is 14.0 Å². The molecular formula is C15H21FN2O3. The number of methoxy groups -OCH3 is 1. The van der Waals surface area contributed by atoms with Crippen LogP contribution in [-0.4, -0.2) is 31.7 Å². The van der Waals surface area contributed by atoms with Crippen LogP contribution in [0.5, 0.6) is 0 Å². The number of nitrogens with one attached hydrogen (secondary N) is 2. The van der Waals surface area contributed by atoms with Crippen molar-refractivity contribution in [3.8, 4) is 0 Å². The van der Waals surface area contributed by atoms with Crippen LogP contribution in [-0.2, 0) is 16.0 Å². The Hall–Kier alpha value is -2.11. The highest BCUT2D eigenvalue weighted by molar-refractivity contribution is 5.83. The number of ether oxygens (including phenoxy) is 1. The lowest BCUT2D eigenvalue weighted by Crippen LogP contribution is -2.49. The van der Waals surface area contributed by atoms with Crippen LogP contribution in [0.3, 0.4) is 0 Å². The summed E-state index contributed by atoms with van der Waals surface area (Å²) >= 11 is 0. The summed E-state index contributed by atoms with van der Waals surface area (Å²) in [4.78, 5) is 23.2. The molecule has 0 spiro atoms. The molecule has 1 rings (SSSR count). The maximum atomic E-state index is 12.7. The summed E-state index contributed by atoms with van der Waals surface area (Å²) < 4.78 is 17.4. The van der Waals surface area contributed by atoms with Gasteiger partial charge < -0.3 is 15.4 Å². The third kappa shape index (κ3) is 5.81. The lowest BCUT2D eigenvalue weighted by Gasteiger charge is -2.20. The third-order valence-corrected chi connectivity index (χ3v) is 3.02. The number of halogens is 1. The highest BCUT2D eigenvalue weighted by atomic mass is 19.1. The molecule has 2 amide bonds. The molecule has 0 aliphatic heterocycles. The number of hydrogen-bond donors (Lipinski definition) is 2. The van der Waals surface area contributed by atoms with Crippen molar-refractivity contribution in [3.63, 3.8) is 0 Å². The van der Waals surface area contributed by atoms with Crippen molar-refractivity contribution < 1.29 is 18.7 Å². The number of benzene rings is 1. The fourth-order valence-corrected chi connectivity index (χ4v) is 1.79. The first kappa shape index (κ1) is 16.9. The molecule has 0 bridgehead atoms. The molecule has 0 aromatic heterocycles. The van der Waals surface area contributed by atoms with Crippen LogP contribution in [0.25, 0.3) is 0 Å². The van der Waals surface area contributed by atoms with Crippen molar-refractivity contribution in [1.82, 2.24) is 10.6 Å². The van der Waals surface area contributed by atoms with E-state index in [2.05, 4.69) is 15.4 Å². The molecule has 1 aromatic carbocycles. The van der Waals surface area contributed by atoms with E-state index in [1.165, 1.54) is 19.2 Å². The normalized spacial score (nSPS) is 11.9. The standard InChI is InChI=1S/C15H21FN2O3/c1-10(2)13(14(19)21-3)18-15(20)17-9-8-11-4-6-12(16)7-5-11/h4-7,10,13H,8-9H2,1-3H3,(H2,17,18,20). The molecule has 1 atom stereocenters. The number of urea groups is 1. The number of amides is 2. The van der Waals surface area contributed by atoms with Crippen LogP contribution in [0.15, 0.2) is 24.3 Å². The summed E-state index contributed by atoms with van der Waals surface area (Å²) in [5, 5.41) is 5.24. The minimum Gasteiger partial charge on any atom is -0.467 e. The molecule has 0 heterocycles. The van der Waals surface area contributed by atoms with Crippen LogP contribution in [0, 0.1) is 11.7 Å². The van der Waals surface area contributed by atoms with E-state index in [4.69, 9.17) is 0 Å². The molecule has 2 N–H and O–H groups in total. The Morgan fingerprint density at radius 2 is 1.86 bits per heavy atom. The van der Waals surface area contributed by atoms with Gasteiger partial charge in [0.15, 0.2) is 0 Å². The fourth-order valence-electron chi connectivity index (χ4n) is 1.79. The fraction of sp³-hybridized carbons (Fsp3) is 0.467. The Bertz CT molecular complexity index is 474. The Morgan fingerprint density at radius 1 is 1.24 bits per heavy atom. The van der Waals surface area contributed by atoms with Gasteiger partial charge >= 0.3 is 12.0 Å². The molecule has 0 fully saturated rings. The zero-order valence-electron chi connectivity index (χ0n) is 12.5. The zero-order valence-corrected chi connectivity index (χ0v) is 12.5. The number of carbonyl (C=O) groups is 2. The van der Waals surface area contributed by atoms with Crippen molar-refractivity contribution in [3.05, 3.63) is 35.6 Å². The predicted molar refractivity (Wildman–Crippen MR) is 77.3 cm³/mol. The van der Waals surface area contributed by atoms with Gasteiger partial charge in [0.05, 0.1) is 7.11 Å². The summed E-state index contributed by atoms with van der Waals surface area (Å²) in [6.07, 6.45) is 0.582. The predicted octanol–water partition coefficient (Wildman–Crippen LogP) is 1.86. The number of rotatable bonds is 6. The van der Waals surface area contributed by atoms with E-state index >= 15 is 0 Å². The molecule has 1 aromatic rings. The molecule has 0 radical (unpaired) electrons. The SMILES string of the molecule is COC(=O)C(NC(=O)NCCc1ccc(F)cc1)C(C)C. The highest BCUT2D eigenvalue weighted by Crippen LogP contribution is 2.04. The second-order valence-corrected chi connectivity index (χ2v) is 5.02. The van der Waals surface area contributed by atoms with E-state index in [1.54, 1.807) is 12.1 Å². The van der Waals surface area contributed by atoms with Crippen molar-refractivity contribution in [2.75, 3.05) is 13.7 Å². The van der Waals surface area contributed by atoms with Crippen LogP contribution < -0.4 is 10.6 Å². The summed E-state index contributed by atoms with van der Waals surface area (Å²) in [5.41, 5.74) is 0.921. The van der Waals surface area contributed by atoms with Crippen molar-refractivity contribution >= 4 is 12.0 Å². The topological polar surface area (TPSA) is 67.4 Å². The number of carbonyl (C=O) groups excluding carboxylic acids is 2. The van der Waals surface area contributed by atoms with Gasteiger partial charge in [0.25, 0.3) is 0 Å². The quantitative estimate of drug-likeness (QED) is 0.787. The molecule has 0 aliphatic carbocycles. The van der Waals surface area contributed by atoms with E-state index in [0.29, 0.717) is 13.0 Å². The first-order chi connectivity index (χ1) is 9.93. The van der Waals surface area contributed by atoms with Gasteiger partial charge in [-0.3, -0.25) is 0 Å². The molecule has 0 saturated carbocycles. The Labute approximate surface area is 123 Å². The lowest BCUT2D eigenvalue weighted by molar-refractivity contribution is -0.143. The van der Waals surface area contributed by atoms with Crippen molar-refractivity contribution in [2.24, 2.45) is 5.92 Å². The summed E-state index contributed by atoms with van der Waals surface area (Å²) in [7, 11) is 1.28. The monoisotopic (exact) mass is 296 g/mol. The molecule has 1 unspecified atom stereocenters. The van der Waals surface area contributed by atoms with Gasteiger partial charge in [-0.2, -0.15) is 0 Å². The summed E-state index contributed by atoms with van der Waals surface area (Å²) in [6.45, 7) is 4.03. The molecule has 116 valence electrons. The first-order valence-electron chi connectivity index (χ1n) is 6.80. The average Bonchev–Trinajstić information content (AvgIpc) is 2.45. The van der Waals surface area contributed by atoms with Crippen molar-refractivity contribution in [2.45, 2.75) is 26.3 Å². The van der Waals surface area contributed by atoms with Crippen LogP contribution in [0.4, 0.5) is 9.18 Å². The smallest absolute Gasteiger partial charge is 0.328 e. The molecule has 21 heavy (non-hydrogen) atoms. The molecule has 5 nitrogen and oxygen atoms in total. The van der Waals surface area contributed by atoms with Gasteiger partial charge in [-0.05, 0) is 30.0 Å². The van der Waals surface area contributed by atoms with E-state index in [0.717, 1.165) is 5.56 Å². The second kappa shape index (κ2) is 8.24. The van der Waals surface area contributed by atoms with E-state index in [-0.39, 0.29) is 11.7 Å². The van der Waals surface area contributed by atoms with E-state index in [9.17, 15) is 14.0 Å². The van der Waals surface area contributed by atoms with Crippen LogP contribution in [0.1, 0.15) is 19.4 Å². The number of esters is 1. The molecular weight excluding hydrogens is 275 g/mol.